The van der Waals surface area contributed by atoms with Crippen LogP contribution in [-0.4, -0.2) is 21.4 Å². The molecule has 2 aromatic heterocycles. The third-order valence-electron chi connectivity index (χ3n) is 4.97. The van der Waals surface area contributed by atoms with Crippen molar-refractivity contribution in [3.8, 4) is 0 Å². The molecule has 0 atom stereocenters. The summed E-state index contributed by atoms with van der Waals surface area (Å²) in [6, 6.07) is 6.87. The number of carbonyl (C=O) groups is 2. The van der Waals surface area contributed by atoms with Crippen molar-refractivity contribution in [2.75, 3.05) is 10.6 Å². The van der Waals surface area contributed by atoms with Crippen LogP contribution in [0.25, 0.3) is 10.2 Å². The van der Waals surface area contributed by atoms with Crippen LogP contribution in [0.4, 0.5) is 11.4 Å². The predicted molar refractivity (Wildman–Crippen MR) is 115 cm³/mol. The molecule has 0 unspecified atom stereocenters. The van der Waals surface area contributed by atoms with Crippen molar-refractivity contribution in [2.45, 2.75) is 45.6 Å². The molecule has 2 N–H and O–H groups in total. The molecule has 8 heteroatoms. The number of carbonyl (C=O) groups excluding carboxylic acids is 2. The Hall–Kier alpha value is -3.00. The topological polar surface area (TPSA) is 93.1 Å². The van der Waals surface area contributed by atoms with Crippen molar-refractivity contribution in [2.24, 2.45) is 0 Å². The van der Waals surface area contributed by atoms with Gasteiger partial charge >= 0.3 is 0 Å². The Kier molecular flexibility index (Phi) is 5.44. The molecule has 3 aromatic rings. The normalized spacial score (nSPS) is 13.6. The molecule has 1 aromatic carbocycles. The quantitative estimate of drug-likeness (QED) is 0.645. The highest BCUT2D eigenvalue weighted by atomic mass is 32.1. The van der Waals surface area contributed by atoms with Gasteiger partial charge in [-0.2, -0.15) is 0 Å². The molecule has 0 aliphatic heterocycles. The molecule has 29 heavy (non-hydrogen) atoms. The number of benzene rings is 1. The Labute approximate surface area is 171 Å². The zero-order valence-corrected chi connectivity index (χ0v) is 17.0. The van der Waals surface area contributed by atoms with Gasteiger partial charge in [0.25, 0.3) is 5.56 Å². The summed E-state index contributed by atoms with van der Waals surface area (Å²) in [5, 5.41) is 6.12. The Morgan fingerprint density at radius 2 is 1.90 bits per heavy atom. The van der Waals surface area contributed by atoms with E-state index in [-0.39, 0.29) is 23.9 Å². The minimum Gasteiger partial charge on any atom is -0.326 e. The van der Waals surface area contributed by atoms with E-state index in [9.17, 15) is 14.4 Å². The van der Waals surface area contributed by atoms with Gasteiger partial charge in [0.15, 0.2) is 0 Å². The van der Waals surface area contributed by atoms with Crippen LogP contribution in [-0.2, 0) is 29.0 Å². The number of nitrogens with zero attached hydrogens (tertiary/aromatic N) is 2. The van der Waals surface area contributed by atoms with Crippen LogP contribution < -0.4 is 16.2 Å². The molecule has 0 saturated carbocycles. The molecule has 0 fully saturated rings. The van der Waals surface area contributed by atoms with E-state index >= 15 is 0 Å². The highest BCUT2D eigenvalue weighted by Gasteiger charge is 2.19. The number of rotatable bonds is 4. The molecule has 1 aliphatic rings. The summed E-state index contributed by atoms with van der Waals surface area (Å²) < 4.78 is 1.37. The molecule has 2 amide bonds. The summed E-state index contributed by atoms with van der Waals surface area (Å²) >= 11 is 1.60. The number of nitrogens with one attached hydrogen (secondary N) is 2. The average molecular weight is 410 g/mol. The lowest BCUT2D eigenvalue weighted by Crippen LogP contribution is -2.28. The van der Waals surface area contributed by atoms with Crippen LogP contribution in [0.3, 0.4) is 0 Å². The van der Waals surface area contributed by atoms with Crippen LogP contribution >= 0.6 is 11.3 Å². The highest BCUT2D eigenvalue weighted by molar-refractivity contribution is 7.18. The van der Waals surface area contributed by atoms with Crippen LogP contribution in [0.15, 0.2) is 35.4 Å². The molecule has 1 aliphatic carbocycles. The first kappa shape index (κ1) is 19.3. The van der Waals surface area contributed by atoms with Crippen molar-refractivity contribution in [3.05, 3.63) is 51.4 Å². The minimum atomic E-state index is -0.324. The zero-order chi connectivity index (χ0) is 20.4. The van der Waals surface area contributed by atoms with E-state index < -0.39 is 0 Å². The first-order chi connectivity index (χ1) is 14.0. The third kappa shape index (κ3) is 4.22. The first-order valence-corrected chi connectivity index (χ1v) is 10.5. The lowest BCUT2D eigenvalue weighted by atomic mass is 10.1. The standard InChI is InChI=1S/C21H22N4O3S/c1-13(26)23-14-6-5-7-15(10-14)24-18(27)11-25-12-22-20-19(21(25)28)16-8-3-2-4-9-17(16)29-20/h5-7,10,12H,2-4,8-9,11H2,1H3,(H,23,26)(H,24,27). The number of hydrogen-bond acceptors (Lipinski definition) is 5. The summed E-state index contributed by atoms with van der Waals surface area (Å²) in [5.74, 6) is -0.510. The predicted octanol–water partition coefficient (Wildman–Crippen LogP) is 3.32. The molecule has 150 valence electrons. The van der Waals surface area contributed by atoms with Gasteiger partial charge in [0, 0.05) is 23.2 Å². The Morgan fingerprint density at radius 3 is 2.69 bits per heavy atom. The molecular weight excluding hydrogens is 388 g/mol. The van der Waals surface area contributed by atoms with Gasteiger partial charge in [-0.25, -0.2) is 4.98 Å². The van der Waals surface area contributed by atoms with Crippen molar-refractivity contribution in [1.82, 2.24) is 9.55 Å². The third-order valence-corrected chi connectivity index (χ3v) is 6.17. The number of thiophene rings is 1. The Morgan fingerprint density at radius 1 is 1.14 bits per heavy atom. The molecule has 4 rings (SSSR count). The summed E-state index contributed by atoms with van der Waals surface area (Å²) in [6.45, 7) is 1.31. The minimum absolute atomic E-state index is 0.114. The fourth-order valence-corrected chi connectivity index (χ4v) is 4.92. The van der Waals surface area contributed by atoms with Gasteiger partial charge in [-0.3, -0.25) is 19.0 Å². The second-order valence-corrected chi connectivity index (χ2v) is 8.32. The van der Waals surface area contributed by atoms with E-state index in [1.807, 2.05) is 0 Å². The van der Waals surface area contributed by atoms with Gasteiger partial charge in [0.2, 0.25) is 11.8 Å². The van der Waals surface area contributed by atoms with E-state index in [2.05, 4.69) is 15.6 Å². The smallest absolute Gasteiger partial charge is 0.262 e. The molecular formula is C21H22N4O3S. The molecule has 0 saturated heterocycles. The maximum absolute atomic E-state index is 13.0. The van der Waals surface area contributed by atoms with Crippen molar-refractivity contribution in [1.29, 1.82) is 0 Å². The lowest BCUT2D eigenvalue weighted by molar-refractivity contribution is -0.117. The first-order valence-electron chi connectivity index (χ1n) is 9.68. The van der Waals surface area contributed by atoms with E-state index in [1.165, 1.54) is 29.1 Å². The molecule has 0 spiro atoms. The summed E-state index contributed by atoms with van der Waals surface area (Å²) in [4.78, 5) is 43.2. The van der Waals surface area contributed by atoms with Crippen LogP contribution in [0.5, 0.6) is 0 Å². The number of amides is 2. The van der Waals surface area contributed by atoms with Gasteiger partial charge in [0.1, 0.15) is 11.4 Å². The van der Waals surface area contributed by atoms with E-state index in [1.54, 1.807) is 35.6 Å². The van der Waals surface area contributed by atoms with Crippen LogP contribution in [0.2, 0.25) is 0 Å². The number of anilines is 2. The summed E-state index contributed by atoms with van der Waals surface area (Å²) in [5.41, 5.74) is 2.11. The van der Waals surface area contributed by atoms with Crippen molar-refractivity contribution < 1.29 is 9.59 Å². The summed E-state index contributed by atoms with van der Waals surface area (Å²) in [6.07, 6.45) is 6.76. The monoisotopic (exact) mass is 410 g/mol. The average Bonchev–Trinajstić information content (AvgIpc) is 2.86. The van der Waals surface area contributed by atoms with Gasteiger partial charge in [-0.05, 0) is 49.4 Å². The fourth-order valence-electron chi connectivity index (χ4n) is 3.70. The number of aryl methyl sites for hydroxylation is 2. The summed E-state index contributed by atoms with van der Waals surface area (Å²) in [7, 11) is 0. The fraction of sp³-hybridized carbons (Fsp3) is 0.333. The van der Waals surface area contributed by atoms with Gasteiger partial charge in [0.05, 0.1) is 11.7 Å². The Balaban J connectivity index is 1.55. The molecule has 0 radical (unpaired) electrons. The van der Waals surface area contributed by atoms with Crippen LogP contribution in [0, 0.1) is 0 Å². The lowest BCUT2D eigenvalue weighted by Gasteiger charge is -2.09. The van der Waals surface area contributed by atoms with Gasteiger partial charge in [-0.1, -0.05) is 12.5 Å². The highest BCUT2D eigenvalue weighted by Crippen LogP contribution is 2.32. The molecule has 2 heterocycles. The number of hydrogen-bond donors (Lipinski definition) is 2. The van der Waals surface area contributed by atoms with Crippen molar-refractivity contribution >= 4 is 44.7 Å². The molecule has 7 nitrogen and oxygen atoms in total. The SMILES string of the molecule is CC(=O)Nc1cccc(NC(=O)Cn2cnc3sc4c(c3c2=O)CCCCC4)c1. The van der Waals surface area contributed by atoms with E-state index in [4.69, 9.17) is 0 Å². The largest absolute Gasteiger partial charge is 0.326 e. The van der Waals surface area contributed by atoms with Crippen molar-refractivity contribution in [3.63, 3.8) is 0 Å². The second-order valence-electron chi connectivity index (χ2n) is 7.23. The maximum atomic E-state index is 13.0. The van der Waals surface area contributed by atoms with E-state index in [0.717, 1.165) is 36.1 Å². The Bertz CT molecular complexity index is 1150. The van der Waals surface area contributed by atoms with E-state index in [0.29, 0.717) is 16.8 Å². The second kappa shape index (κ2) is 8.16. The number of aromatic nitrogens is 2. The van der Waals surface area contributed by atoms with Gasteiger partial charge < -0.3 is 10.6 Å². The zero-order valence-electron chi connectivity index (χ0n) is 16.2. The maximum Gasteiger partial charge on any atom is 0.262 e. The number of fused-ring (bicyclic) bond motifs is 3. The molecule has 0 bridgehead atoms. The van der Waals surface area contributed by atoms with Crippen LogP contribution in [0.1, 0.15) is 36.6 Å². The van der Waals surface area contributed by atoms with Gasteiger partial charge in [-0.15, -0.1) is 11.3 Å².